The summed E-state index contributed by atoms with van der Waals surface area (Å²) in [5, 5.41) is 26.2. The summed E-state index contributed by atoms with van der Waals surface area (Å²) in [6, 6.07) is 5.13. The highest BCUT2D eigenvalue weighted by Crippen LogP contribution is 2.43. The molecule has 3 aliphatic heterocycles. The molecule has 0 radical (unpaired) electrons. The number of thiophene rings is 1. The molecule has 3 saturated heterocycles. The molecule has 33 heavy (non-hydrogen) atoms. The lowest BCUT2D eigenvalue weighted by molar-refractivity contribution is -0.869. The average Bonchev–Trinajstić information content (AvgIpc) is 3.41. The van der Waals surface area contributed by atoms with Crippen molar-refractivity contribution >= 4 is 29.2 Å². The number of hydrogen-bond acceptors (Lipinski definition) is 7. The van der Waals surface area contributed by atoms with Gasteiger partial charge in [-0.3, -0.25) is 5.32 Å². The van der Waals surface area contributed by atoms with Crippen LogP contribution >= 0.6 is 11.3 Å². The van der Waals surface area contributed by atoms with Gasteiger partial charge in [-0.05, 0) is 41.8 Å². The van der Waals surface area contributed by atoms with Gasteiger partial charge in [-0.15, -0.1) is 5.10 Å². The quantitative estimate of drug-likeness (QED) is 0.509. The summed E-state index contributed by atoms with van der Waals surface area (Å²) in [5.74, 6) is -0.0618. The molecule has 1 unspecified atom stereocenters. The van der Waals surface area contributed by atoms with E-state index in [4.69, 9.17) is 4.74 Å². The Morgan fingerprint density at radius 3 is 2.61 bits per heavy atom. The number of nitrogens with one attached hydrogen (secondary N) is 1. The molecule has 2 N–H and O–H groups in total. The first-order valence-electron chi connectivity index (χ1n) is 11.9. The van der Waals surface area contributed by atoms with Crippen molar-refractivity contribution in [1.29, 1.82) is 0 Å². The number of nitrogens with zero attached hydrogens (tertiary/aromatic N) is 3. The lowest BCUT2D eigenvalue weighted by atomic mass is 9.74. The van der Waals surface area contributed by atoms with Gasteiger partial charge in [-0.1, -0.05) is 19.3 Å². The van der Waals surface area contributed by atoms with Crippen molar-refractivity contribution in [3.8, 4) is 0 Å². The number of carbonyl (C=O) groups is 2. The molecule has 4 aliphatic rings. The highest BCUT2D eigenvalue weighted by Gasteiger charge is 2.55. The van der Waals surface area contributed by atoms with Gasteiger partial charge in [0.05, 0.1) is 13.1 Å². The molecule has 4 fully saturated rings. The van der Waals surface area contributed by atoms with E-state index in [0.29, 0.717) is 31.0 Å². The number of esters is 1. The van der Waals surface area contributed by atoms with E-state index in [9.17, 15) is 14.7 Å². The summed E-state index contributed by atoms with van der Waals surface area (Å²) in [4.78, 5) is 26.8. The molecule has 2 aromatic heterocycles. The van der Waals surface area contributed by atoms with Gasteiger partial charge in [0, 0.05) is 36.4 Å². The Labute approximate surface area is 197 Å². The predicted octanol–water partition coefficient (Wildman–Crippen LogP) is 3.69. The van der Waals surface area contributed by atoms with Crippen LogP contribution in [0, 0.1) is 11.8 Å². The number of hydrogen-bond donors (Lipinski definition) is 2. The number of aliphatic hydroxyl groups is 1. The molecule has 0 spiro atoms. The predicted molar refractivity (Wildman–Crippen MR) is 123 cm³/mol. The number of aromatic nitrogens is 2. The van der Waals surface area contributed by atoms with Crippen molar-refractivity contribution in [1.82, 2.24) is 10.2 Å². The lowest BCUT2D eigenvalue weighted by Gasteiger charge is -2.50. The number of urea groups is 1. The van der Waals surface area contributed by atoms with Crippen LogP contribution in [0.3, 0.4) is 0 Å². The number of quaternary nitrogens is 1. The van der Waals surface area contributed by atoms with Crippen LogP contribution < -0.4 is 5.32 Å². The van der Waals surface area contributed by atoms with E-state index >= 15 is 0 Å². The van der Waals surface area contributed by atoms with Gasteiger partial charge in [0.2, 0.25) is 0 Å². The molecule has 0 aromatic carbocycles. The Kier molecular flexibility index (Phi) is 6.20. The Bertz CT molecular complexity index is 972. The molecule has 6 rings (SSSR count). The fourth-order valence-electron chi connectivity index (χ4n) is 5.90. The minimum absolute atomic E-state index is 0.141. The third-order valence-corrected chi connectivity index (χ3v) is 8.56. The van der Waals surface area contributed by atoms with Crippen LogP contribution in [0.1, 0.15) is 50.5 Å². The first-order chi connectivity index (χ1) is 16.0. The van der Waals surface area contributed by atoms with E-state index in [1.54, 1.807) is 18.3 Å². The molecule has 1 aliphatic carbocycles. The number of amides is 2. The van der Waals surface area contributed by atoms with E-state index in [-0.39, 0.29) is 28.5 Å². The monoisotopic (exact) mass is 471 g/mol. The van der Waals surface area contributed by atoms with Gasteiger partial charge in [0.1, 0.15) is 6.54 Å². The highest BCUT2D eigenvalue weighted by molar-refractivity contribution is 7.08. The molecular formula is C24H31N4O4S+. The number of anilines is 1. The molecule has 176 valence electrons. The molecule has 2 amide bonds. The van der Waals surface area contributed by atoms with E-state index in [1.807, 2.05) is 16.8 Å². The van der Waals surface area contributed by atoms with E-state index in [0.717, 1.165) is 44.9 Å². The van der Waals surface area contributed by atoms with Crippen LogP contribution in [0.15, 0.2) is 35.2 Å². The molecule has 2 bridgehead atoms. The van der Waals surface area contributed by atoms with Crippen molar-refractivity contribution in [2.45, 2.75) is 56.7 Å². The van der Waals surface area contributed by atoms with Crippen LogP contribution in [-0.2, 0) is 15.1 Å². The summed E-state index contributed by atoms with van der Waals surface area (Å²) in [5.41, 5.74) is -0.992. The van der Waals surface area contributed by atoms with Crippen LogP contribution in [-0.4, -0.2) is 57.5 Å². The number of ether oxygens (including phenoxy) is 1. The molecule has 2 atom stereocenters. The second-order valence-electron chi connectivity index (χ2n) is 9.71. The molecule has 5 heterocycles. The summed E-state index contributed by atoms with van der Waals surface area (Å²) >= 11 is 1.48. The average molecular weight is 472 g/mol. The topological polar surface area (TPSA) is 101 Å². The highest BCUT2D eigenvalue weighted by atomic mass is 32.1. The second kappa shape index (κ2) is 9.12. The number of fused-ring (bicyclic) bond motifs is 3. The van der Waals surface area contributed by atoms with Gasteiger partial charge < -0.3 is 9.84 Å². The van der Waals surface area contributed by atoms with Crippen LogP contribution in [0.4, 0.5) is 10.6 Å². The standard InChI is InChI=1S/C24H30N4O4S/c29-22(24(31,19-10-14-33-16-19)18-5-2-1-3-6-18)32-20-15-28(12-8-17(20)9-13-28)23(30)26-21-7-4-11-25-27-21/h4,7,10-11,14,16-18,20,31H,1-3,5-6,8-9,12-13,15H2/p+1/t17?,20-,24?,28?/m0/s1. The number of rotatable bonds is 5. The Morgan fingerprint density at radius 2 is 1.94 bits per heavy atom. The maximum absolute atomic E-state index is 13.6. The van der Waals surface area contributed by atoms with E-state index < -0.39 is 11.6 Å². The summed E-state index contributed by atoms with van der Waals surface area (Å²) in [7, 11) is 0. The van der Waals surface area contributed by atoms with Crippen molar-refractivity contribution in [2.75, 3.05) is 25.0 Å². The van der Waals surface area contributed by atoms with E-state index in [1.165, 1.54) is 11.3 Å². The zero-order valence-electron chi connectivity index (χ0n) is 18.7. The number of piperidine rings is 3. The summed E-state index contributed by atoms with van der Waals surface area (Å²) in [6.45, 7) is 1.84. The SMILES string of the molecule is O=C(O[C@H]1C[N+]2(C(=O)Nc3cccnn3)CCC1CC2)C(O)(c1ccsc1)C1CCCCC1. The number of carbonyl (C=O) groups excluding carboxylic acids is 2. The summed E-state index contributed by atoms with van der Waals surface area (Å²) in [6.07, 6.45) is 7.59. The smallest absolute Gasteiger partial charge is 0.422 e. The van der Waals surface area contributed by atoms with Gasteiger partial charge >= 0.3 is 12.0 Å². The Hall–Kier alpha value is -2.36. The molecule has 1 saturated carbocycles. The van der Waals surface area contributed by atoms with Gasteiger partial charge in [-0.2, -0.15) is 16.4 Å². The van der Waals surface area contributed by atoms with Gasteiger partial charge in [0.25, 0.3) is 0 Å². The fourth-order valence-corrected chi connectivity index (χ4v) is 6.60. The third kappa shape index (κ3) is 4.18. The summed E-state index contributed by atoms with van der Waals surface area (Å²) < 4.78 is 6.30. The normalized spacial score (nSPS) is 29.2. The maximum Gasteiger partial charge on any atom is 0.422 e. The largest absolute Gasteiger partial charge is 0.454 e. The van der Waals surface area contributed by atoms with Crippen LogP contribution in [0.25, 0.3) is 0 Å². The van der Waals surface area contributed by atoms with Crippen LogP contribution in [0.2, 0.25) is 0 Å². The minimum atomic E-state index is -1.63. The molecule has 2 aromatic rings. The zero-order valence-corrected chi connectivity index (χ0v) is 19.5. The lowest BCUT2D eigenvalue weighted by Crippen LogP contribution is -2.68. The van der Waals surface area contributed by atoms with Crippen molar-refractivity contribution in [2.24, 2.45) is 11.8 Å². The van der Waals surface area contributed by atoms with Gasteiger partial charge in [-0.25, -0.2) is 14.1 Å². The molecular weight excluding hydrogens is 440 g/mol. The first-order valence-corrected chi connectivity index (χ1v) is 12.9. The maximum atomic E-state index is 13.6. The minimum Gasteiger partial charge on any atom is -0.454 e. The van der Waals surface area contributed by atoms with Crippen molar-refractivity contribution in [3.63, 3.8) is 0 Å². The van der Waals surface area contributed by atoms with E-state index in [2.05, 4.69) is 15.5 Å². The third-order valence-electron chi connectivity index (χ3n) is 7.88. The van der Waals surface area contributed by atoms with Crippen molar-refractivity contribution < 1.29 is 23.9 Å². The van der Waals surface area contributed by atoms with Crippen LogP contribution in [0.5, 0.6) is 0 Å². The first kappa shape index (κ1) is 22.4. The Balaban J connectivity index is 1.34. The zero-order chi connectivity index (χ0) is 22.9. The fraction of sp³-hybridized carbons (Fsp3) is 0.583. The Morgan fingerprint density at radius 1 is 1.15 bits per heavy atom. The van der Waals surface area contributed by atoms with Crippen molar-refractivity contribution in [3.05, 3.63) is 40.7 Å². The molecule has 9 heteroatoms. The second-order valence-corrected chi connectivity index (χ2v) is 10.5. The molecule has 8 nitrogen and oxygen atoms in total. The van der Waals surface area contributed by atoms with Gasteiger partial charge in [0.15, 0.2) is 17.5 Å².